The number of nitrogen functional groups attached to an aromatic ring is 1. The quantitative estimate of drug-likeness (QED) is 0.00561. The number of ether oxygens (including phenoxy) is 9. The molecule has 0 aromatic heterocycles. The Labute approximate surface area is 490 Å². The largest absolute Gasteiger partial charge is 0.494 e. The number of esters is 6. The first-order chi connectivity index (χ1) is 40.7. The minimum atomic E-state index is -0.968. The lowest BCUT2D eigenvalue weighted by Gasteiger charge is -2.16. The van der Waals surface area contributed by atoms with Crippen LogP contribution >= 0.6 is 0 Å². The number of benzene rings is 5. The molecular formula is C65H76N2O17. The molecule has 19 heteroatoms. The minimum absolute atomic E-state index is 0.0583. The lowest BCUT2D eigenvalue weighted by Crippen LogP contribution is -2.19. The van der Waals surface area contributed by atoms with Gasteiger partial charge in [-0.2, -0.15) is 0 Å². The van der Waals surface area contributed by atoms with Crippen molar-refractivity contribution in [1.29, 1.82) is 0 Å². The Morgan fingerprint density at radius 2 is 0.988 bits per heavy atom. The molecule has 84 heavy (non-hydrogen) atoms. The van der Waals surface area contributed by atoms with Gasteiger partial charge >= 0.3 is 41.5 Å². The average Bonchev–Trinajstić information content (AvgIpc) is 3.43. The first-order valence-electron chi connectivity index (χ1n) is 28.5. The van der Waals surface area contributed by atoms with Gasteiger partial charge in [-0.3, -0.25) is 10.1 Å². The molecule has 0 radical (unpaired) electrons. The topological polar surface area (TPSA) is 255 Å². The summed E-state index contributed by atoms with van der Waals surface area (Å²) in [4.78, 5) is 88.0. The molecule has 0 aliphatic rings. The summed E-state index contributed by atoms with van der Waals surface area (Å²) in [5.41, 5.74) is 6.94. The molecule has 0 amide bonds. The number of nitro groups is 1. The van der Waals surface area contributed by atoms with Crippen molar-refractivity contribution in [1.82, 2.24) is 0 Å². The van der Waals surface area contributed by atoms with Crippen LogP contribution in [0.1, 0.15) is 158 Å². The molecule has 0 saturated carbocycles. The van der Waals surface area contributed by atoms with E-state index < -0.39 is 40.7 Å². The number of hydrogen-bond acceptors (Lipinski definition) is 18. The van der Waals surface area contributed by atoms with Gasteiger partial charge in [0, 0.05) is 42.0 Å². The van der Waals surface area contributed by atoms with Crippen LogP contribution in [0.25, 0.3) is 11.1 Å². The van der Waals surface area contributed by atoms with Gasteiger partial charge in [0.05, 0.1) is 72.9 Å². The highest BCUT2D eigenvalue weighted by Gasteiger charge is 2.25. The molecule has 5 aromatic carbocycles. The van der Waals surface area contributed by atoms with E-state index in [2.05, 4.69) is 20.1 Å². The maximum absolute atomic E-state index is 13.8. The van der Waals surface area contributed by atoms with Crippen LogP contribution in [0, 0.1) is 10.1 Å². The average molecular weight is 1160 g/mol. The Balaban J connectivity index is 1.16. The zero-order valence-electron chi connectivity index (χ0n) is 48.0. The van der Waals surface area contributed by atoms with Gasteiger partial charge in [0.2, 0.25) is 0 Å². The van der Waals surface area contributed by atoms with E-state index in [1.807, 2.05) is 6.92 Å². The molecule has 2 N–H and O–H groups in total. The Morgan fingerprint density at radius 3 is 1.52 bits per heavy atom. The maximum atomic E-state index is 13.8. The van der Waals surface area contributed by atoms with Crippen molar-refractivity contribution in [2.75, 3.05) is 45.4 Å². The van der Waals surface area contributed by atoms with Crippen LogP contribution in [0.4, 0.5) is 11.4 Å². The van der Waals surface area contributed by atoms with Crippen LogP contribution < -0.4 is 29.4 Å². The number of anilines is 1. The van der Waals surface area contributed by atoms with E-state index in [9.17, 15) is 38.9 Å². The fraction of sp³-hybridized carbons (Fsp3) is 0.385. The zero-order chi connectivity index (χ0) is 60.5. The number of rotatable bonds is 39. The van der Waals surface area contributed by atoms with Crippen molar-refractivity contribution in [3.8, 4) is 39.9 Å². The van der Waals surface area contributed by atoms with E-state index in [0.717, 1.165) is 108 Å². The van der Waals surface area contributed by atoms with E-state index in [1.165, 1.54) is 42.5 Å². The molecule has 0 spiro atoms. The summed E-state index contributed by atoms with van der Waals surface area (Å²) >= 11 is 0. The van der Waals surface area contributed by atoms with E-state index in [4.69, 9.17) is 48.4 Å². The monoisotopic (exact) mass is 1160 g/mol. The molecule has 0 saturated heterocycles. The van der Waals surface area contributed by atoms with E-state index >= 15 is 0 Å². The van der Waals surface area contributed by atoms with Crippen LogP contribution in [0.3, 0.4) is 0 Å². The smallest absolute Gasteiger partial charge is 0.344 e. The summed E-state index contributed by atoms with van der Waals surface area (Å²) in [5.74, 6) is -2.70. The predicted molar refractivity (Wildman–Crippen MR) is 316 cm³/mol. The van der Waals surface area contributed by atoms with Crippen molar-refractivity contribution in [3.63, 3.8) is 0 Å². The van der Waals surface area contributed by atoms with Crippen molar-refractivity contribution in [2.45, 2.75) is 123 Å². The summed E-state index contributed by atoms with van der Waals surface area (Å²) in [6, 6.07) is 25.6. The van der Waals surface area contributed by atoms with Crippen LogP contribution in [0.5, 0.6) is 28.7 Å². The number of unbranched alkanes of at least 4 members (excludes halogenated alkanes) is 11. The molecular weight excluding hydrogens is 1080 g/mol. The zero-order valence-corrected chi connectivity index (χ0v) is 48.0. The molecule has 0 aliphatic carbocycles. The van der Waals surface area contributed by atoms with Crippen LogP contribution in [0.15, 0.2) is 128 Å². The third kappa shape index (κ3) is 23.1. The first kappa shape index (κ1) is 65.8. The Hall–Kier alpha value is -9.00. The van der Waals surface area contributed by atoms with Crippen molar-refractivity contribution < 1.29 is 76.3 Å². The lowest BCUT2D eigenvalue weighted by molar-refractivity contribution is -0.386. The molecule has 448 valence electrons. The number of hydrogen-bond donors (Lipinski definition) is 1. The fourth-order valence-corrected chi connectivity index (χ4v) is 8.41. The van der Waals surface area contributed by atoms with Gasteiger partial charge in [-0.05, 0) is 130 Å². The number of nitrogens with zero attached hydrogens (tertiary/aromatic N) is 1. The fourth-order valence-electron chi connectivity index (χ4n) is 8.41. The second kappa shape index (κ2) is 36.5. The highest BCUT2D eigenvalue weighted by Crippen LogP contribution is 2.38. The standard InChI is InChI=1S/C65H76N2O17/c1-5-8-9-16-22-46(4)82-59-45-57(66)55(44-58(59)67(74)75)47-23-25-48(26-24-47)62(70)80-41-21-42-81-64(72)56-43-49(63(71)83-52-32-28-50(29-33-52)76-37-17-12-10-14-19-39-78-60(68)6-2)27-36-54(56)65(73)84-53-34-30-51(31-35-53)77-38-18-13-11-15-20-40-79-61(69)7-3/h6-7,23-36,43-46H,2-3,5,8-22,37-42,66H2,1,4H3/t46-/m0/s1. The van der Waals surface area contributed by atoms with Crippen LogP contribution in [0.2, 0.25) is 0 Å². The Morgan fingerprint density at radius 1 is 0.512 bits per heavy atom. The lowest BCUT2D eigenvalue weighted by atomic mass is 10.0. The molecule has 5 aromatic rings. The summed E-state index contributed by atoms with van der Waals surface area (Å²) < 4.78 is 49.9. The summed E-state index contributed by atoms with van der Waals surface area (Å²) in [6.45, 7) is 12.0. The highest BCUT2D eigenvalue weighted by atomic mass is 16.6. The molecule has 0 heterocycles. The van der Waals surface area contributed by atoms with Crippen molar-refractivity contribution in [2.24, 2.45) is 0 Å². The van der Waals surface area contributed by atoms with Gasteiger partial charge in [-0.25, -0.2) is 28.8 Å². The van der Waals surface area contributed by atoms with E-state index in [1.54, 1.807) is 60.7 Å². The summed E-state index contributed by atoms with van der Waals surface area (Å²) in [6.07, 6.45) is 15.8. The second-order valence-electron chi connectivity index (χ2n) is 19.6. The van der Waals surface area contributed by atoms with Crippen LogP contribution in [-0.4, -0.2) is 86.5 Å². The molecule has 0 fully saturated rings. The maximum Gasteiger partial charge on any atom is 0.344 e. The second-order valence-corrected chi connectivity index (χ2v) is 19.6. The molecule has 5 rings (SSSR count). The minimum Gasteiger partial charge on any atom is -0.494 e. The van der Waals surface area contributed by atoms with Crippen molar-refractivity contribution in [3.05, 3.63) is 161 Å². The first-order valence-corrected chi connectivity index (χ1v) is 28.5. The molecule has 19 nitrogen and oxygen atoms in total. The van der Waals surface area contributed by atoms with E-state index in [-0.39, 0.29) is 76.6 Å². The third-order valence-corrected chi connectivity index (χ3v) is 13.0. The van der Waals surface area contributed by atoms with Gasteiger partial charge in [0.15, 0.2) is 5.75 Å². The molecule has 0 bridgehead atoms. The van der Waals surface area contributed by atoms with Crippen molar-refractivity contribution >= 4 is 47.2 Å². The van der Waals surface area contributed by atoms with Gasteiger partial charge < -0.3 is 48.4 Å². The van der Waals surface area contributed by atoms with Gasteiger partial charge in [-0.1, -0.05) is 90.0 Å². The number of carbonyl (C=O) groups excluding carboxylic acids is 6. The van der Waals surface area contributed by atoms with Gasteiger partial charge in [0.1, 0.15) is 23.0 Å². The number of carbonyl (C=O) groups is 6. The number of nitro benzene ring substituents is 1. The van der Waals surface area contributed by atoms with Crippen LogP contribution in [-0.2, 0) is 28.5 Å². The molecule has 0 aliphatic heterocycles. The predicted octanol–water partition coefficient (Wildman–Crippen LogP) is 13.5. The third-order valence-electron chi connectivity index (χ3n) is 13.0. The SMILES string of the molecule is C=CC(=O)OCCCCCCCOc1ccc(OC(=O)c2ccc(C(=O)Oc3ccc(OCCCCCCCOC(=O)C=C)cc3)c(C(=O)OCCCOC(=O)c3ccc(-c4cc([N+](=O)[O-])c(O[C@@H](C)CCCCCC)cc4N)cc3)c2)cc1. The van der Waals surface area contributed by atoms with Gasteiger partial charge in [-0.15, -0.1) is 0 Å². The Bertz CT molecular complexity index is 2960. The molecule has 0 unspecified atom stereocenters. The van der Waals surface area contributed by atoms with E-state index in [0.29, 0.717) is 49.1 Å². The Kier molecular flexibility index (Phi) is 28.6. The molecule has 1 atom stereocenters. The normalized spacial score (nSPS) is 11.1. The summed E-state index contributed by atoms with van der Waals surface area (Å²) in [7, 11) is 0. The highest BCUT2D eigenvalue weighted by molar-refractivity contribution is 6.06. The van der Waals surface area contributed by atoms with Gasteiger partial charge in [0.25, 0.3) is 0 Å². The number of nitrogens with two attached hydrogens (primary N) is 1. The summed E-state index contributed by atoms with van der Waals surface area (Å²) in [5, 5.41) is 12.1.